The number of carbonyl (C=O) groups is 1. The summed E-state index contributed by atoms with van der Waals surface area (Å²) in [5, 5.41) is 14.4. The summed E-state index contributed by atoms with van der Waals surface area (Å²) in [5.41, 5.74) is 1.95. The highest BCUT2D eigenvalue weighted by Gasteiger charge is 2.33. The maximum Gasteiger partial charge on any atom is 0.227 e. The van der Waals surface area contributed by atoms with Crippen molar-refractivity contribution in [3.8, 4) is 0 Å². The first kappa shape index (κ1) is 14.1. The van der Waals surface area contributed by atoms with Crippen LogP contribution in [0.15, 0.2) is 0 Å². The molecule has 1 aromatic rings. The van der Waals surface area contributed by atoms with Crippen LogP contribution in [0.3, 0.4) is 0 Å². The lowest BCUT2D eigenvalue weighted by atomic mass is 9.96. The summed E-state index contributed by atoms with van der Waals surface area (Å²) in [6.45, 7) is 2.11. The Hall–Kier alpha value is -0.870. The number of aryl methyl sites for hydroxylation is 1. The average Bonchev–Trinajstić information content (AvgIpc) is 2.96. The van der Waals surface area contributed by atoms with Gasteiger partial charge in [0.2, 0.25) is 5.91 Å². The van der Waals surface area contributed by atoms with Crippen molar-refractivity contribution >= 4 is 22.2 Å². The van der Waals surface area contributed by atoms with E-state index in [4.69, 9.17) is 0 Å². The minimum atomic E-state index is -0.755. The van der Waals surface area contributed by atoms with Crippen LogP contribution in [-0.2, 0) is 17.6 Å². The van der Waals surface area contributed by atoms with Gasteiger partial charge in [0, 0.05) is 4.88 Å². The minimum Gasteiger partial charge on any atom is -0.389 e. The third kappa shape index (κ3) is 2.77. The van der Waals surface area contributed by atoms with Crippen LogP contribution in [0.25, 0.3) is 0 Å². The molecule has 0 aromatic carbocycles. The number of amides is 1. The molecule has 0 unspecified atom stereocenters. The van der Waals surface area contributed by atoms with E-state index in [1.54, 1.807) is 11.3 Å². The van der Waals surface area contributed by atoms with Gasteiger partial charge in [-0.25, -0.2) is 0 Å². The third-order valence-electron chi connectivity index (χ3n) is 4.71. The van der Waals surface area contributed by atoms with Crippen LogP contribution in [-0.4, -0.2) is 16.6 Å². The first-order valence-corrected chi connectivity index (χ1v) is 8.52. The highest BCUT2D eigenvalue weighted by atomic mass is 32.1. The predicted octanol–water partition coefficient (Wildman–Crippen LogP) is 3.57. The van der Waals surface area contributed by atoms with E-state index in [9.17, 15) is 9.90 Å². The Bertz CT molecular complexity index is 515. The quantitative estimate of drug-likeness (QED) is 0.895. The van der Waals surface area contributed by atoms with Gasteiger partial charge in [0.25, 0.3) is 0 Å². The van der Waals surface area contributed by atoms with Gasteiger partial charge in [-0.2, -0.15) is 0 Å². The first-order valence-electron chi connectivity index (χ1n) is 7.71. The fourth-order valence-electron chi connectivity index (χ4n) is 3.52. The van der Waals surface area contributed by atoms with Gasteiger partial charge in [-0.05, 0) is 56.6 Å². The smallest absolute Gasteiger partial charge is 0.227 e. The van der Waals surface area contributed by atoms with E-state index in [1.807, 2.05) is 0 Å². The van der Waals surface area contributed by atoms with Gasteiger partial charge in [-0.15, -0.1) is 11.3 Å². The molecular weight excluding hydrogens is 270 g/mol. The maximum atomic E-state index is 12.2. The van der Waals surface area contributed by atoms with Gasteiger partial charge in [-0.3, -0.25) is 4.79 Å². The molecule has 20 heavy (non-hydrogen) atoms. The minimum absolute atomic E-state index is 0.0314. The van der Waals surface area contributed by atoms with Crippen LogP contribution in [0.4, 0.5) is 5.00 Å². The molecule has 1 heterocycles. The monoisotopic (exact) mass is 293 g/mol. The van der Waals surface area contributed by atoms with Crippen molar-refractivity contribution in [3.63, 3.8) is 0 Å². The van der Waals surface area contributed by atoms with Gasteiger partial charge in [0.05, 0.1) is 17.0 Å². The van der Waals surface area contributed by atoms with E-state index in [0.717, 1.165) is 43.5 Å². The molecule has 0 radical (unpaired) electrons. The molecule has 1 amide bonds. The summed E-state index contributed by atoms with van der Waals surface area (Å²) < 4.78 is 0. The largest absolute Gasteiger partial charge is 0.389 e. The SMILES string of the molecule is Cc1c(NC(=O)CC2(O)CCCC2)sc2c1CCCC2. The fraction of sp³-hybridized carbons (Fsp3) is 0.688. The van der Waals surface area contributed by atoms with E-state index in [2.05, 4.69) is 12.2 Å². The van der Waals surface area contributed by atoms with E-state index in [1.165, 1.54) is 28.8 Å². The van der Waals surface area contributed by atoms with Gasteiger partial charge in [0.1, 0.15) is 0 Å². The predicted molar refractivity (Wildman–Crippen MR) is 82.4 cm³/mol. The fourth-order valence-corrected chi connectivity index (χ4v) is 4.83. The second kappa shape index (κ2) is 5.49. The molecule has 1 fully saturated rings. The number of fused-ring (bicyclic) bond motifs is 1. The highest BCUT2D eigenvalue weighted by molar-refractivity contribution is 7.16. The Balaban J connectivity index is 1.68. The molecule has 2 N–H and O–H groups in total. The number of hydrogen-bond acceptors (Lipinski definition) is 3. The molecular formula is C16H23NO2S. The number of rotatable bonds is 3. The molecule has 0 aliphatic heterocycles. The number of hydrogen-bond donors (Lipinski definition) is 2. The number of anilines is 1. The molecule has 0 bridgehead atoms. The molecule has 4 heteroatoms. The second-order valence-corrected chi connectivity index (χ2v) is 7.43. The molecule has 110 valence electrons. The van der Waals surface area contributed by atoms with E-state index in [0.29, 0.717) is 0 Å². The van der Waals surface area contributed by atoms with Crippen molar-refractivity contribution < 1.29 is 9.90 Å². The Morgan fingerprint density at radius 2 is 1.95 bits per heavy atom. The third-order valence-corrected chi connectivity index (χ3v) is 6.02. The highest BCUT2D eigenvalue weighted by Crippen LogP contribution is 2.38. The van der Waals surface area contributed by atoms with Gasteiger partial charge in [-0.1, -0.05) is 12.8 Å². The molecule has 3 nitrogen and oxygen atoms in total. The lowest BCUT2D eigenvalue weighted by Gasteiger charge is -2.20. The number of thiophene rings is 1. The topological polar surface area (TPSA) is 49.3 Å². The number of carbonyl (C=O) groups excluding carboxylic acids is 1. The summed E-state index contributed by atoms with van der Waals surface area (Å²) in [4.78, 5) is 13.6. The van der Waals surface area contributed by atoms with Gasteiger partial charge in [0.15, 0.2) is 0 Å². The molecule has 2 aliphatic rings. The average molecular weight is 293 g/mol. The number of aliphatic hydroxyl groups is 1. The van der Waals surface area contributed by atoms with Crippen molar-refractivity contribution in [1.82, 2.24) is 0 Å². The molecule has 0 spiro atoms. The van der Waals surface area contributed by atoms with E-state index < -0.39 is 5.60 Å². The van der Waals surface area contributed by atoms with Crippen molar-refractivity contribution in [2.75, 3.05) is 5.32 Å². The van der Waals surface area contributed by atoms with Crippen molar-refractivity contribution in [2.45, 2.75) is 70.3 Å². The normalized spacial score (nSPS) is 20.7. The molecule has 0 saturated heterocycles. The number of nitrogens with one attached hydrogen (secondary N) is 1. The Morgan fingerprint density at radius 1 is 1.25 bits per heavy atom. The molecule has 1 aromatic heterocycles. The Kier molecular flexibility index (Phi) is 3.87. The zero-order chi connectivity index (χ0) is 14.2. The van der Waals surface area contributed by atoms with Crippen LogP contribution >= 0.6 is 11.3 Å². The summed E-state index contributed by atoms with van der Waals surface area (Å²) >= 11 is 1.73. The summed E-state index contributed by atoms with van der Waals surface area (Å²) in [6.07, 6.45) is 8.68. The van der Waals surface area contributed by atoms with E-state index >= 15 is 0 Å². The second-order valence-electron chi connectivity index (χ2n) is 6.32. The van der Waals surface area contributed by atoms with Crippen LogP contribution in [0.5, 0.6) is 0 Å². The molecule has 0 atom stereocenters. The van der Waals surface area contributed by atoms with Crippen molar-refractivity contribution in [1.29, 1.82) is 0 Å². The lowest BCUT2D eigenvalue weighted by molar-refractivity contribution is -0.120. The lowest BCUT2D eigenvalue weighted by Crippen LogP contribution is -2.30. The Labute approximate surface area is 124 Å². The van der Waals surface area contributed by atoms with E-state index in [-0.39, 0.29) is 12.3 Å². The van der Waals surface area contributed by atoms with Crippen LogP contribution in [0, 0.1) is 6.92 Å². The van der Waals surface area contributed by atoms with Crippen LogP contribution in [0.1, 0.15) is 60.9 Å². The molecule has 1 saturated carbocycles. The first-order chi connectivity index (χ1) is 9.57. The molecule has 3 rings (SSSR count). The maximum absolute atomic E-state index is 12.2. The summed E-state index contributed by atoms with van der Waals surface area (Å²) in [5.74, 6) is -0.0314. The zero-order valence-electron chi connectivity index (χ0n) is 12.1. The van der Waals surface area contributed by atoms with Crippen LogP contribution in [0.2, 0.25) is 0 Å². The van der Waals surface area contributed by atoms with Gasteiger partial charge >= 0.3 is 0 Å². The molecule has 2 aliphatic carbocycles. The summed E-state index contributed by atoms with van der Waals surface area (Å²) in [6, 6.07) is 0. The Morgan fingerprint density at radius 3 is 2.65 bits per heavy atom. The van der Waals surface area contributed by atoms with Crippen molar-refractivity contribution in [3.05, 3.63) is 16.0 Å². The summed E-state index contributed by atoms with van der Waals surface area (Å²) in [7, 11) is 0. The van der Waals surface area contributed by atoms with Crippen molar-refractivity contribution in [2.24, 2.45) is 0 Å². The standard InChI is InChI=1S/C16H23NO2S/c1-11-12-6-2-3-7-13(12)20-15(11)17-14(18)10-16(19)8-4-5-9-16/h19H,2-10H2,1H3,(H,17,18). The van der Waals surface area contributed by atoms with Crippen LogP contribution < -0.4 is 5.32 Å². The van der Waals surface area contributed by atoms with Gasteiger partial charge < -0.3 is 10.4 Å². The zero-order valence-corrected chi connectivity index (χ0v) is 12.9.